The molecule has 1 rings (SSSR count). The summed E-state index contributed by atoms with van der Waals surface area (Å²) >= 11 is 5.72. The zero-order valence-electron chi connectivity index (χ0n) is 10.6. The fraction of sp³-hybridized carbons (Fsp3) is 0.154. The topological polar surface area (TPSA) is 69.1 Å². The summed E-state index contributed by atoms with van der Waals surface area (Å²) < 4.78 is 0. The van der Waals surface area contributed by atoms with Crippen LogP contribution in [0.4, 0.5) is 5.69 Å². The molecule has 1 aromatic rings. The lowest BCUT2D eigenvalue weighted by Gasteiger charge is -2.21. The van der Waals surface area contributed by atoms with Gasteiger partial charge in [-0.05, 0) is 25.1 Å². The van der Waals surface area contributed by atoms with Crippen molar-refractivity contribution in [2.24, 2.45) is 0 Å². The molecule has 5 nitrogen and oxygen atoms in total. The lowest BCUT2D eigenvalue weighted by atomic mass is 10.3. The Hall–Kier alpha value is -2.14. The Morgan fingerprint density at radius 2 is 2.42 bits per heavy atom. The number of anilines is 1. The molecule has 0 aliphatic heterocycles. The van der Waals surface area contributed by atoms with Crippen LogP contribution in [0.2, 0.25) is 0 Å². The molecule has 0 radical (unpaired) electrons. The Morgan fingerprint density at radius 1 is 1.68 bits per heavy atom. The van der Waals surface area contributed by atoms with Gasteiger partial charge in [0.25, 0.3) is 0 Å². The maximum absolute atomic E-state index is 11.7. The Bertz CT molecular complexity index is 499. The third-order valence-corrected chi connectivity index (χ3v) is 2.50. The van der Waals surface area contributed by atoms with Crippen molar-refractivity contribution in [3.8, 4) is 0 Å². The number of nitrogens with one attached hydrogen (secondary N) is 2. The number of halogens is 1. The van der Waals surface area contributed by atoms with E-state index in [4.69, 9.17) is 17.0 Å². The average molecular weight is 279 g/mol. The maximum Gasteiger partial charge on any atom is 0.250 e. The van der Waals surface area contributed by atoms with Crippen LogP contribution in [0.25, 0.3) is 0 Å². The maximum atomic E-state index is 11.7. The number of carbonyl (C=O) groups excluding carboxylic acids is 1. The van der Waals surface area contributed by atoms with Crippen molar-refractivity contribution in [1.29, 1.82) is 5.41 Å². The fourth-order valence-electron chi connectivity index (χ4n) is 1.41. The molecule has 19 heavy (non-hydrogen) atoms. The van der Waals surface area contributed by atoms with Gasteiger partial charge >= 0.3 is 0 Å². The number of nitrogens with zero attached hydrogens (tertiary/aromatic N) is 2. The van der Waals surface area contributed by atoms with E-state index in [0.717, 1.165) is 5.69 Å². The first-order chi connectivity index (χ1) is 9.10. The number of aromatic nitrogens is 1. The molecule has 1 heterocycles. The van der Waals surface area contributed by atoms with E-state index < -0.39 is 0 Å². The van der Waals surface area contributed by atoms with E-state index >= 15 is 0 Å². The van der Waals surface area contributed by atoms with Crippen LogP contribution >= 0.6 is 11.6 Å². The Kier molecular flexibility index (Phi) is 5.75. The van der Waals surface area contributed by atoms with E-state index in [1.165, 1.54) is 17.2 Å². The lowest BCUT2D eigenvalue weighted by Crippen LogP contribution is -2.31. The minimum Gasteiger partial charge on any atom is -0.358 e. The molecule has 0 saturated heterocycles. The first kappa shape index (κ1) is 14.9. The first-order valence-corrected chi connectivity index (χ1v) is 6.03. The zero-order valence-corrected chi connectivity index (χ0v) is 11.3. The van der Waals surface area contributed by atoms with Gasteiger partial charge in [-0.15, -0.1) is 0 Å². The summed E-state index contributed by atoms with van der Waals surface area (Å²) in [4.78, 5) is 17.0. The normalized spacial score (nSPS) is 10.7. The highest BCUT2D eigenvalue weighted by Gasteiger charge is 2.16. The number of hydrogen-bond acceptors (Lipinski definition) is 4. The average Bonchev–Trinajstić information content (AvgIpc) is 2.43. The standard InChI is InChI=1S/C13H15ClN4O/c1-3-12(19)18(4-2)11(13(14)15)9-17-10-6-5-7-16-8-10/h3,5-9,15,17H,1,4H2,2H3/b11-9+,15-13?. The van der Waals surface area contributed by atoms with Crippen molar-refractivity contribution >= 4 is 28.4 Å². The summed E-state index contributed by atoms with van der Waals surface area (Å²) in [6, 6.07) is 3.58. The second-order valence-corrected chi connectivity index (χ2v) is 3.89. The third-order valence-electron chi connectivity index (χ3n) is 2.31. The quantitative estimate of drug-likeness (QED) is 0.621. The number of pyridine rings is 1. The van der Waals surface area contributed by atoms with Crippen molar-refractivity contribution in [2.45, 2.75) is 6.92 Å². The van der Waals surface area contributed by atoms with E-state index in [0.29, 0.717) is 6.54 Å². The Labute approximate surface area is 117 Å². The van der Waals surface area contributed by atoms with Crippen molar-refractivity contribution in [2.75, 3.05) is 11.9 Å². The largest absolute Gasteiger partial charge is 0.358 e. The predicted octanol–water partition coefficient (Wildman–Crippen LogP) is 2.59. The molecular formula is C13H15ClN4O. The molecule has 0 aromatic carbocycles. The molecule has 0 unspecified atom stereocenters. The van der Waals surface area contributed by atoms with E-state index in [2.05, 4.69) is 16.9 Å². The minimum atomic E-state index is -0.313. The summed E-state index contributed by atoms with van der Waals surface area (Å²) in [6.07, 6.45) is 5.95. The van der Waals surface area contributed by atoms with Crippen LogP contribution in [0.1, 0.15) is 6.92 Å². The molecule has 2 N–H and O–H groups in total. The van der Waals surface area contributed by atoms with Crippen molar-refractivity contribution < 1.29 is 4.79 Å². The van der Waals surface area contributed by atoms with Gasteiger partial charge in [0.05, 0.1) is 17.6 Å². The van der Waals surface area contributed by atoms with Gasteiger partial charge in [0.1, 0.15) is 5.17 Å². The summed E-state index contributed by atoms with van der Waals surface area (Å²) in [5.41, 5.74) is 1.01. The SMILES string of the molecule is C=CC(=O)N(CC)/C(=C/Nc1cccnc1)C(=N)Cl. The monoisotopic (exact) mass is 278 g/mol. The zero-order chi connectivity index (χ0) is 14.3. The molecule has 1 amide bonds. The van der Waals surface area contributed by atoms with Crippen LogP contribution in [-0.2, 0) is 4.79 Å². The van der Waals surface area contributed by atoms with Gasteiger partial charge in [-0.2, -0.15) is 0 Å². The molecule has 0 saturated carbocycles. The van der Waals surface area contributed by atoms with Gasteiger partial charge in [-0.25, -0.2) is 0 Å². The van der Waals surface area contributed by atoms with Crippen LogP contribution < -0.4 is 5.32 Å². The molecule has 100 valence electrons. The number of allylic oxidation sites excluding steroid dienone is 1. The number of hydrogen-bond donors (Lipinski definition) is 2. The van der Waals surface area contributed by atoms with Gasteiger partial charge in [0.15, 0.2) is 0 Å². The van der Waals surface area contributed by atoms with Crippen LogP contribution in [0, 0.1) is 5.41 Å². The van der Waals surface area contributed by atoms with Crippen LogP contribution in [0.5, 0.6) is 0 Å². The number of rotatable bonds is 6. The van der Waals surface area contributed by atoms with E-state index in [1.807, 2.05) is 6.07 Å². The Balaban J connectivity index is 2.96. The molecule has 0 fully saturated rings. The second-order valence-electron chi connectivity index (χ2n) is 3.52. The summed E-state index contributed by atoms with van der Waals surface area (Å²) in [7, 11) is 0. The first-order valence-electron chi connectivity index (χ1n) is 5.65. The van der Waals surface area contributed by atoms with Gasteiger partial charge in [-0.1, -0.05) is 18.2 Å². The number of likely N-dealkylation sites (N-methyl/N-ethyl adjacent to an activating group) is 1. The molecule has 0 atom stereocenters. The second kappa shape index (κ2) is 7.33. The van der Waals surface area contributed by atoms with Gasteiger partial charge in [0, 0.05) is 18.9 Å². The molecule has 6 heteroatoms. The van der Waals surface area contributed by atoms with Crippen LogP contribution in [0.15, 0.2) is 49.1 Å². The van der Waals surface area contributed by atoms with Gasteiger partial charge in [0.2, 0.25) is 5.91 Å². The highest BCUT2D eigenvalue weighted by atomic mass is 35.5. The van der Waals surface area contributed by atoms with E-state index in [-0.39, 0.29) is 16.8 Å². The van der Waals surface area contributed by atoms with Crippen LogP contribution in [0.3, 0.4) is 0 Å². The van der Waals surface area contributed by atoms with Gasteiger partial charge in [-0.3, -0.25) is 15.2 Å². The van der Waals surface area contributed by atoms with Crippen molar-refractivity contribution in [3.05, 3.63) is 49.1 Å². The Morgan fingerprint density at radius 3 is 2.89 bits per heavy atom. The molecule has 0 aliphatic carbocycles. The van der Waals surface area contributed by atoms with E-state index in [9.17, 15) is 4.79 Å². The molecule has 0 bridgehead atoms. The van der Waals surface area contributed by atoms with Gasteiger partial charge < -0.3 is 10.2 Å². The van der Waals surface area contributed by atoms with Crippen LogP contribution in [-0.4, -0.2) is 27.5 Å². The van der Waals surface area contributed by atoms with E-state index in [1.54, 1.807) is 25.4 Å². The third kappa shape index (κ3) is 4.22. The summed E-state index contributed by atoms with van der Waals surface area (Å²) in [5.74, 6) is -0.313. The lowest BCUT2D eigenvalue weighted by molar-refractivity contribution is -0.123. The predicted molar refractivity (Wildman–Crippen MR) is 77.1 cm³/mol. The summed E-state index contributed by atoms with van der Waals surface area (Å²) in [5, 5.41) is 10.2. The smallest absolute Gasteiger partial charge is 0.250 e. The fourth-order valence-corrected chi connectivity index (χ4v) is 1.57. The van der Waals surface area contributed by atoms with Crippen molar-refractivity contribution in [3.63, 3.8) is 0 Å². The van der Waals surface area contributed by atoms with Crippen molar-refractivity contribution in [1.82, 2.24) is 9.88 Å². The number of carbonyl (C=O) groups is 1. The highest BCUT2D eigenvalue weighted by Crippen LogP contribution is 2.11. The minimum absolute atomic E-state index is 0.228. The molecular weight excluding hydrogens is 264 g/mol. The molecule has 1 aromatic heterocycles. The number of amides is 1. The molecule has 0 aliphatic rings. The highest BCUT2D eigenvalue weighted by molar-refractivity contribution is 6.68. The molecule has 0 spiro atoms. The summed E-state index contributed by atoms with van der Waals surface area (Å²) in [6.45, 7) is 5.61.